The van der Waals surface area contributed by atoms with Gasteiger partial charge in [0.2, 0.25) is 6.29 Å². The summed E-state index contributed by atoms with van der Waals surface area (Å²) >= 11 is 3.25. The number of hydrogen-bond acceptors (Lipinski definition) is 6. The molecule has 0 saturated heterocycles. The van der Waals surface area contributed by atoms with Crippen LogP contribution in [0.2, 0.25) is 0 Å². The fraction of sp³-hybridized carbons (Fsp3) is 0.231. The van der Waals surface area contributed by atoms with E-state index in [-0.39, 0.29) is 0 Å². The third kappa shape index (κ3) is 2.40. The number of ether oxygens (including phenoxy) is 2. The van der Waals surface area contributed by atoms with E-state index in [1.807, 2.05) is 23.0 Å². The van der Waals surface area contributed by atoms with E-state index in [0.717, 1.165) is 21.8 Å². The third-order valence-electron chi connectivity index (χ3n) is 2.74. The number of thiophene rings is 1. The molecule has 3 heterocycles. The molecule has 0 aromatic carbocycles. The smallest absolute Gasteiger partial charge is 0.201 e. The van der Waals surface area contributed by atoms with Gasteiger partial charge < -0.3 is 9.47 Å². The summed E-state index contributed by atoms with van der Waals surface area (Å²) in [6.45, 7) is 0. The van der Waals surface area contributed by atoms with Crippen LogP contribution in [-0.2, 0) is 9.47 Å². The monoisotopic (exact) mass is 292 g/mol. The molecule has 0 N–H and O–H groups in total. The first-order valence-electron chi connectivity index (χ1n) is 5.66. The standard InChI is InChI=1S/C13H12N2O2S2/c1-16-13(17-2)10-7-19-12(15-10)8-5-11-9(14-6-8)3-4-18-11/h3-7,13H,1-2H3. The number of hydrogen-bond donors (Lipinski definition) is 0. The van der Waals surface area contributed by atoms with Crippen molar-refractivity contribution in [2.24, 2.45) is 0 Å². The van der Waals surface area contributed by atoms with Gasteiger partial charge in [-0.3, -0.25) is 4.98 Å². The molecular weight excluding hydrogens is 280 g/mol. The van der Waals surface area contributed by atoms with Crippen LogP contribution in [0.3, 0.4) is 0 Å². The lowest BCUT2D eigenvalue weighted by Gasteiger charge is -2.09. The molecule has 0 fully saturated rings. The van der Waals surface area contributed by atoms with Crippen LogP contribution < -0.4 is 0 Å². The van der Waals surface area contributed by atoms with Gasteiger partial charge in [0, 0.05) is 31.4 Å². The Balaban J connectivity index is 1.97. The van der Waals surface area contributed by atoms with E-state index in [1.165, 1.54) is 4.70 Å². The summed E-state index contributed by atoms with van der Waals surface area (Å²) in [5.74, 6) is 0. The second kappa shape index (κ2) is 5.34. The quantitative estimate of drug-likeness (QED) is 0.688. The van der Waals surface area contributed by atoms with Gasteiger partial charge in [-0.25, -0.2) is 4.98 Å². The largest absolute Gasteiger partial charge is 0.350 e. The normalized spacial score (nSPS) is 11.5. The van der Waals surface area contributed by atoms with Crippen LogP contribution >= 0.6 is 22.7 Å². The van der Waals surface area contributed by atoms with Gasteiger partial charge in [-0.1, -0.05) is 0 Å². The van der Waals surface area contributed by atoms with Crippen molar-refractivity contribution in [2.75, 3.05) is 14.2 Å². The lowest BCUT2D eigenvalue weighted by Crippen LogP contribution is -2.03. The molecule has 3 rings (SSSR count). The molecular formula is C13H12N2O2S2. The van der Waals surface area contributed by atoms with Crippen molar-refractivity contribution in [2.45, 2.75) is 6.29 Å². The lowest BCUT2D eigenvalue weighted by atomic mass is 10.3. The maximum Gasteiger partial charge on any atom is 0.201 e. The predicted molar refractivity (Wildman–Crippen MR) is 77.5 cm³/mol. The summed E-state index contributed by atoms with van der Waals surface area (Å²) in [5, 5.41) is 4.92. The molecule has 4 nitrogen and oxygen atoms in total. The average Bonchev–Trinajstić information content (AvgIpc) is 3.08. The highest BCUT2D eigenvalue weighted by atomic mass is 32.1. The minimum absolute atomic E-state index is 0.413. The highest BCUT2D eigenvalue weighted by molar-refractivity contribution is 7.17. The molecule has 98 valence electrons. The molecule has 0 spiro atoms. The van der Waals surface area contributed by atoms with Gasteiger partial charge in [0.1, 0.15) is 10.7 Å². The molecule has 0 bridgehead atoms. The number of fused-ring (bicyclic) bond motifs is 1. The second-order valence-electron chi connectivity index (χ2n) is 3.91. The number of rotatable bonds is 4. The Hall–Kier alpha value is -1.34. The van der Waals surface area contributed by atoms with Crippen LogP contribution in [0.25, 0.3) is 20.8 Å². The lowest BCUT2D eigenvalue weighted by molar-refractivity contribution is -0.108. The van der Waals surface area contributed by atoms with E-state index in [9.17, 15) is 0 Å². The number of nitrogens with zero attached hydrogens (tertiary/aromatic N) is 2. The van der Waals surface area contributed by atoms with E-state index in [1.54, 1.807) is 36.9 Å². The van der Waals surface area contributed by atoms with Crippen molar-refractivity contribution in [3.63, 3.8) is 0 Å². The Morgan fingerprint density at radius 1 is 1.21 bits per heavy atom. The Bertz CT molecular complexity index is 689. The van der Waals surface area contributed by atoms with E-state index in [2.05, 4.69) is 16.0 Å². The Labute approximate surface area is 118 Å². The minimum Gasteiger partial charge on any atom is -0.350 e. The summed E-state index contributed by atoms with van der Waals surface area (Å²) < 4.78 is 11.6. The molecule has 0 aliphatic rings. The van der Waals surface area contributed by atoms with Crippen molar-refractivity contribution in [1.29, 1.82) is 0 Å². The van der Waals surface area contributed by atoms with Crippen LogP contribution in [0.4, 0.5) is 0 Å². The number of thiazole rings is 1. The number of pyridine rings is 1. The number of methoxy groups -OCH3 is 2. The van der Waals surface area contributed by atoms with Gasteiger partial charge in [0.15, 0.2) is 0 Å². The molecule has 3 aromatic heterocycles. The minimum atomic E-state index is -0.413. The van der Waals surface area contributed by atoms with Crippen molar-refractivity contribution in [3.05, 3.63) is 34.8 Å². The summed E-state index contributed by atoms with van der Waals surface area (Å²) in [7, 11) is 3.21. The van der Waals surface area contributed by atoms with E-state index >= 15 is 0 Å². The Morgan fingerprint density at radius 3 is 2.84 bits per heavy atom. The molecule has 0 aliphatic carbocycles. The maximum absolute atomic E-state index is 5.20. The molecule has 0 amide bonds. The summed E-state index contributed by atoms with van der Waals surface area (Å²) in [6, 6.07) is 4.13. The van der Waals surface area contributed by atoms with Crippen molar-refractivity contribution < 1.29 is 9.47 Å². The van der Waals surface area contributed by atoms with Crippen LogP contribution in [0, 0.1) is 0 Å². The van der Waals surface area contributed by atoms with Crippen LogP contribution in [-0.4, -0.2) is 24.2 Å². The summed E-state index contributed by atoms with van der Waals surface area (Å²) in [6.07, 6.45) is 1.44. The van der Waals surface area contributed by atoms with Crippen LogP contribution in [0.15, 0.2) is 29.1 Å². The van der Waals surface area contributed by atoms with E-state index < -0.39 is 6.29 Å². The maximum atomic E-state index is 5.20. The fourth-order valence-corrected chi connectivity index (χ4v) is 3.41. The molecule has 6 heteroatoms. The van der Waals surface area contributed by atoms with Gasteiger partial charge in [-0.15, -0.1) is 22.7 Å². The van der Waals surface area contributed by atoms with Gasteiger partial charge >= 0.3 is 0 Å². The third-order valence-corrected chi connectivity index (χ3v) is 4.50. The average molecular weight is 292 g/mol. The zero-order valence-corrected chi connectivity index (χ0v) is 12.1. The molecule has 0 saturated carbocycles. The van der Waals surface area contributed by atoms with Crippen molar-refractivity contribution >= 4 is 32.9 Å². The van der Waals surface area contributed by atoms with Gasteiger partial charge in [0.05, 0.1) is 10.2 Å². The first kappa shape index (κ1) is 12.7. The van der Waals surface area contributed by atoms with E-state index in [0.29, 0.717) is 0 Å². The molecule has 19 heavy (non-hydrogen) atoms. The SMILES string of the molecule is COC(OC)c1csc(-c2cnc3ccsc3c2)n1. The van der Waals surface area contributed by atoms with Crippen LogP contribution in [0.1, 0.15) is 12.0 Å². The highest BCUT2D eigenvalue weighted by Crippen LogP contribution is 2.30. The van der Waals surface area contributed by atoms with Crippen molar-refractivity contribution in [1.82, 2.24) is 9.97 Å². The summed E-state index contributed by atoms with van der Waals surface area (Å²) in [4.78, 5) is 8.97. The predicted octanol–water partition coefficient (Wildman–Crippen LogP) is 3.71. The molecule has 3 aromatic rings. The van der Waals surface area contributed by atoms with Gasteiger partial charge in [-0.2, -0.15) is 0 Å². The molecule has 0 aliphatic heterocycles. The second-order valence-corrected chi connectivity index (χ2v) is 5.71. The zero-order valence-electron chi connectivity index (χ0n) is 10.5. The first-order valence-corrected chi connectivity index (χ1v) is 7.42. The topological polar surface area (TPSA) is 44.2 Å². The van der Waals surface area contributed by atoms with E-state index in [4.69, 9.17) is 9.47 Å². The molecule has 0 unspecified atom stereocenters. The first-order chi connectivity index (χ1) is 9.31. The zero-order chi connectivity index (χ0) is 13.2. The summed E-state index contributed by atoms with van der Waals surface area (Å²) in [5.41, 5.74) is 2.84. The fourth-order valence-electron chi connectivity index (χ4n) is 1.83. The molecule has 0 atom stereocenters. The highest BCUT2D eigenvalue weighted by Gasteiger charge is 2.14. The molecule has 0 radical (unpaired) electrons. The number of aromatic nitrogens is 2. The Kier molecular flexibility index (Phi) is 3.56. The van der Waals surface area contributed by atoms with Gasteiger partial charge in [0.25, 0.3) is 0 Å². The van der Waals surface area contributed by atoms with Gasteiger partial charge in [-0.05, 0) is 17.5 Å². The Morgan fingerprint density at radius 2 is 2.05 bits per heavy atom. The van der Waals surface area contributed by atoms with Crippen molar-refractivity contribution in [3.8, 4) is 10.6 Å². The van der Waals surface area contributed by atoms with Crippen LogP contribution in [0.5, 0.6) is 0 Å².